The minimum atomic E-state index is -0.208. The summed E-state index contributed by atoms with van der Waals surface area (Å²) in [6, 6.07) is 9.12. The lowest BCUT2D eigenvalue weighted by Gasteiger charge is -2.19. The number of hydrogen-bond donors (Lipinski definition) is 3. The summed E-state index contributed by atoms with van der Waals surface area (Å²) in [5.74, 6) is -0.208. The number of rotatable bonds is 8. The van der Waals surface area contributed by atoms with Gasteiger partial charge in [0.05, 0.1) is 32.2 Å². The largest absolute Gasteiger partial charge is 0.395 e. The van der Waals surface area contributed by atoms with Gasteiger partial charge in [-0.05, 0) is 17.7 Å². The van der Waals surface area contributed by atoms with Crippen LogP contribution < -0.4 is 5.32 Å². The predicted octanol–water partition coefficient (Wildman–Crippen LogP) is -0.0222. The molecule has 1 aromatic rings. The molecular formula is C14H19N3O3. The van der Waals surface area contributed by atoms with E-state index < -0.39 is 0 Å². The van der Waals surface area contributed by atoms with E-state index in [2.05, 4.69) is 11.4 Å². The molecule has 3 N–H and O–H groups in total. The maximum atomic E-state index is 11.8. The molecule has 0 aliphatic heterocycles. The first-order valence-corrected chi connectivity index (χ1v) is 6.39. The average Bonchev–Trinajstić information content (AvgIpc) is 2.42. The van der Waals surface area contributed by atoms with Crippen molar-refractivity contribution in [1.29, 1.82) is 5.26 Å². The van der Waals surface area contributed by atoms with E-state index in [-0.39, 0.29) is 25.7 Å². The predicted molar refractivity (Wildman–Crippen MR) is 75.0 cm³/mol. The van der Waals surface area contributed by atoms with Crippen molar-refractivity contribution in [1.82, 2.24) is 4.90 Å². The van der Waals surface area contributed by atoms with Crippen molar-refractivity contribution in [2.24, 2.45) is 0 Å². The Hall–Kier alpha value is -1.94. The Morgan fingerprint density at radius 2 is 1.80 bits per heavy atom. The van der Waals surface area contributed by atoms with Crippen LogP contribution in [0.25, 0.3) is 0 Å². The Bertz CT molecular complexity index is 448. The van der Waals surface area contributed by atoms with Crippen LogP contribution >= 0.6 is 0 Å². The molecule has 0 aliphatic rings. The summed E-state index contributed by atoms with van der Waals surface area (Å²) in [5, 5.41) is 29.0. The van der Waals surface area contributed by atoms with Crippen molar-refractivity contribution >= 4 is 11.6 Å². The van der Waals surface area contributed by atoms with E-state index >= 15 is 0 Å². The number of amides is 1. The average molecular weight is 277 g/mol. The molecular weight excluding hydrogens is 258 g/mol. The summed E-state index contributed by atoms with van der Waals surface area (Å²) < 4.78 is 0. The van der Waals surface area contributed by atoms with Gasteiger partial charge in [-0.15, -0.1) is 0 Å². The molecule has 0 saturated carbocycles. The molecule has 0 bridgehead atoms. The van der Waals surface area contributed by atoms with Crippen molar-refractivity contribution in [2.75, 3.05) is 38.2 Å². The van der Waals surface area contributed by atoms with Crippen LogP contribution in [0.4, 0.5) is 5.69 Å². The van der Waals surface area contributed by atoms with Gasteiger partial charge in [-0.1, -0.05) is 12.1 Å². The fourth-order valence-corrected chi connectivity index (χ4v) is 1.75. The highest BCUT2D eigenvalue weighted by Gasteiger charge is 2.09. The van der Waals surface area contributed by atoms with Gasteiger partial charge in [0.1, 0.15) is 0 Å². The lowest BCUT2D eigenvalue weighted by Crippen LogP contribution is -2.37. The number of benzene rings is 1. The van der Waals surface area contributed by atoms with Gasteiger partial charge in [0.15, 0.2) is 0 Å². The number of aliphatic hydroxyl groups excluding tert-OH is 2. The minimum absolute atomic E-state index is 0.0594. The highest BCUT2D eigenvalue weighted by Crippen LogP contribution is 2.09. The molecule has 6 heteroatoms. The quantitative estimate of drug-likeness (QED) is 0.620. The third-order valence-corrected chi connectivity index (χ3v) is 2.72. The zero-order chi connectivity index (χ0) is 14.8. The SMILES string of the molecule is N#CCc1ccc(NC(=O)CN(CCO)CCO)cc1. The lowest BCUT2D eigenvalue weighted by atomic mass is 10.1. The normalized spacial score (nSPS) is 10.3. The molecule has 20 heavy (non-hydrogen) atoms. The maximum Gasteiger partial charge on any atom is 0.238 e. The van der Waals surface area contributed by atoms with Gasteiger partial charge >= 0.3 is 0 Å². The second kappa shape index (κ2) is 9.04. The van der Waals surface area contributed by atoms with Gasteiger partial charge in [-0.2, -0.15) is 5.26 Å². The molecule has 0 unspecified atom stereocenters. The summed E-state index contributed by atoms with van der Waals surface area (Å²) in [6.45, 7) is 0.678. The third-order valence-electron chi connectivity index (χ3n) is 2.72. The minimum Gasteiger partial charge on any atom is -0.395 e. The van der Waals surface area contributed by atoms with Crippen LogP contribution in [0.2, 0.25) is 0 Å². The van der Waals surface area contributed by atoms with Gasteiger partial charge in [0.2, 0.25) is 5.91 Å². The zero-order valence-electron chi connectivity index (χ0n) is 11.2. The molecule has 0 radical (unpaired) electrons. The fraction of sp³-hybridized carbons (Fsp3) is 0.429. The van der Waals surface area contributed by atoms with Gasteiger partial charge in [0.25, 0.3) is 0 Å². The first-order chi connectivity index (χ1) is 9.69. The summed E-state index contributed by atoms with van der Waals surface area (Å²) in [4.78, 5) is 13.5. The molecule has 0 atom stereocenters. The van der Waals surface area contributed by atoms with E-state index in [0.29, 0.717) is 25.2 Å². The number of carbonyl (C=O) groups excluding carboxylic acids is 1. The van der Waals surface area contributed by atoms with Gasteiger partial charge in [-0.25, -0.2) is 0 Å². The number of nitriles is 1. The molecule has 0 spiro atoms. The maximum absolute atomic E-state index is 11.8. The van der Waals surface area contributed by atoms with Gasteiger partial charge in [0, 0.05) is 18.8 Å². The van der Waals surface area contributed by atoms with Crippen molar-refractivity contribution in [2.45, 2.75) is 6.42 Å². The van der Waals surface area contributed by atoms with E-state index in [1.807, 2.05) is 0 Å². The van der Waals surface area contributed by atoms with Crippen LogP contribution in [0.3, 0.4) is 0 Å². The number of nitrogens with one attached hydrogen (secondary N) is 1. The number of hydrogen-bond acceptors (Lipinski definition) is 5. The molecule has 1 amide bonds. The Balaban J connectivity index is 2.50. The first kappa shape index (κ1) is 16.1. The van der Waals surface area contributed by atoms with Crippen LogP contribution in [0, 0.1) is 11.3 Å². The van der Waals surface area contributed by atoms with Crippen LogP contribution in [0.5, 0.6) is 0 Å². The Labute approximate surface area is 118 Å². The molecule has 0 aromatic heterocycles. The van der Waals surface area contributed by atoms with E-state index in [1.165, 1.54) is 0 Å². The van der Waals surface area contributed by atoms with Crippen LogP contribution in [-0.4, -0.2) is 53.9 Å². The van der Waals surface area contributed by atoms with Crippen molar-refractivity contribution in [3.05, 3.63) is 29.8 Å². The Morgan fingerprint density at radius 1 is 1.20 bits per heavy atom. The zero-order valence-corrected chi connectivity index (χ0v) is 11.2. The third kappa shape index (κ3) is 5.80. The topological polar surface area (TPSA) is 96.6 Å². The number of carbonyl (C=O) groups is 1. The molecule has 0 aliphatic carbocycles. The van der Waals surface area contributed by atoms with Gasteiger partial charge < -0.3 is 15.5 Å². The number of nitrogens with zero attached hydrogens (tertiary/aromatic N) is 2. The highest BCUT2D eigenvalue weighted by molar-refractivity contribution is 5.92. The van der Waals surface area contributed by atoms with Crippen molar-refractivity contribution in [3.63, 3.8) is 0 Å². The van der Waals surface area contributed by atoms with E-state index in [1.54, 1.807) is 29.2 Å². The Kier molecular flexibility index (Phi) is 7.29. The van der Waals surface area contributed by atoms with Crippen molar-refractivity contribution < 1.29 is 15.0 Å². The molecule has 0 heterocycles. The summed E-state index contributed by atoms with van der Waals surface area (Å²) in [7, 11) is 0. The second-order valence-electron chi connectivity index (χ2n) is 4.30. The van der Waals surface area contributed by atoms with Crippen LogP contribution in [-0.2, 0) is 11.2 Å². The fourth-order valence-electron chi connectivity index (χ4n) is 1.75. The van der Waals surface area contributed by atoms with Crippen LogP contribution in [0.1, 0.15) is 5.56 Å². The molecule has 1 rings (SSSR count). The lowest BCUT2D eigenvalue weighted by molar-refractivity contribution is -0.117. The standard InChI is InChI=1S/C14H19N3O3/c15-6-5-12-1-3-13(4-2-12)16-14(20)11-17(7-9-18)8-10-19/h1-4,18-19H,5,7-11H2,(H,16,20). The number of anilines is 1. The van der Waals surface area contributed by atoms with E-state index in [0.717, 1.165) is 5.56 Å². The van der Waals surface area contributed by atoms with E-state index in [9.17, 15) is 4.79 Å². The van der Waals surface area contributed by atoms with Crippen LogP contribution in [0.15, 0.2) is 24.3 Å². The Morgan fingerprint density at radius 3 is 2.30 bits per heavy atom. The molecule has 0 fully saturated rings. The number of aliphatic hydroxyl groups is 2. The second-order valence-corrected chi connectivity index (χ2v) is 4.30. The highest BCUT2D eigenvalue weighted by atomic mass is 16.3. The molecule has 0 saturated heterocycles. The molecule has 108 valence electrons. The smallest absolute Gasteiger partial charge is 0.238 e. The van der Waals surface area contributed by atoms with E-state index in [4.69, 9.17) is 15.5 Å². The summed E-state index contributed by atoms with van der Waals surface area (Å²) in [6.07, 6.45) is 0.342. The van der Waals surface area contributed by atoms with Crippen molar-refractivity contribution in [3.8, 4) is 6.07 Å². The first-order valence-electron chi connectivity index (χ1n) is 6.39. The van der Waals surface area contributed by atoms with Gasteiger partial charge in [-0.3, -0.25) is 9.69 Å². The summed E-state index contributed by atoms with van der Waals surface area (Å²) in [5.41, 5.74) is 1.55. The monoisotopic (exact) mass is 277 g/mol. The summed E-state index contributed by atoms with van der Waals surface area (Å²) >= 11 is 0. The molecule has 1 aromatic carbocycles. The molecule has 6 nitrogen and oxygen atoms in total.